The van der Waals surface area contributed by atoms with Crippen molar-refractivity contribution in [3.05, 3.63) is 64.9 Å². The average Bonchev–Trinajstić information content (AvgIpc) is 2.63. The third-order valence-electron chi connectivity index (χ3n) is 5.03. The molecule has 126 valence electrons. The number of rotatable bonds is 4. The first-order chi connectivity index (χ1) is 11.6. The first kappa shape index (κ1) is 16.9. The Kier molecular flexibility index (Phi) is 5.17. The number of hydrogen-bond donors (Lipinski definition) is 2. The summed E-state index contributed by atoms with van der Waals surface area (Å²) in [5.41, 5.74) is 7.88. The van der Waals surface area contributed by atoms with Crippen LogP contribution in [0.1, 0.15) is 41.6 Å². The van der Waals surface area contributed by atoms with E-state index < -0.39 is 0 Å². The fourth-order valence-corrected chi connectivity index (χ4v) is 3.70. The van der Waals surface area contributed by atoms with Crippen molar-refractivity contribution in [2.45, 2.75) is 37.1 Å². The van der Waals surface area contributed by atoms with Crippen LogP contribution in [0.3, 0.4) is 0 Å². The van der Waals surface area contributed by atoms with Gasteiger partial charge in [-0.3, -0.25) is 9.78 Å². The maximum absolute atomic E-state index is 12.3. The number of benzene rings is 1. The summed E-state index contributed by atoms with van der Waals surface area (Å²) in [6.07, 6.45) is 6.97. The van der Waals surface area contributed by atoms with Crippen LogP contribution < -0.4 is 11.1 Å². The lowest BCUT2D eigenvalue weighted by Gasteiger charge is -2.40. The van der Waals surface area contributed by atoms with Crippen LogP contribution >= 0.6 is 11.6 Å². The molecule has 0 radical (unpaired) electrons. The number of halogens is 1. The molecule has 1 heterocycles. The van der Waals surface area contributed by atoms with Gasteiger partial charge in [-0.25, -0.2) is 0 Å². The van der Waals surface area contributed by atoms with E-state index >= 15 is 0 Å². The smallest absolute Gasteiger partial charge is 0.253 e. The summed E-state index contributed by atoms with van der Waals surface area (Å²) in [5, 5.41) is 3.86. The van der Waals surface area contributed by atoms with Crippen LogP contribution in [-0.4, -0.2) is 23.5 Å². The maximum atomic E-state index is 12.3. The number of pyridine rings is 1. The normalized spacial score (nSPS) is 23.7. The summed E-state index contributed by atoms with van der Waals surface area (Å²) in [4.78, 5) is 16.3. The van der Waals surface area contributed by atoms with Gasteiger partial charge in [0.05, 0.1) is 5.56 Å². The van der Waals surface area contributed by atoms with Gasteiger partial charge < -0.3 is 11.1 Å². The topological polar surface area (TPSA) is 68.0 Å². The van der Waals surface area contributed by atoms with E-state index in [0.717, 1.165) is 30.7 Å². The predicted octanol–water partition coefficient (Wildman–Crippen LogP) is 3.30. The molecular formula is C19H22ClN3O. The number of aromatic nitrogens is 1. The van der Waals surface area contributed by atoms with Crippen LogP contribution in [0, 0.1) is 0 Å². The SMILES string of the molecule is NCC1(c2cccc(Cl)c2)CCC(NC(=O)c2cccnc2)CC1. The van der Waals surface area contributed by atoms with Crippen molar-refractivity contribution >= 4 is 17.5 Å². The van der Waals surface area contributed by atoms with Crippen molar-refractivity contribution in [1.82, 2.24) is 10.3 Å². The largest absolute Gasteiger partial charge is 0.349 e. The first-order valence-electron chi connectivity index (χ1n) is 8.30. The molecule has 1 amide bonds. The number of carbonyl (C=O) groups is 1. The standard InChI is InChI=1S/C19H22ClN3O/c20-16-5-1-4-15(11-16)19(13-21)8-6-17(7-9-19)23-18(24)14-3-2-10-22-12-14/h1-5,10-12,17H,6-9,13,21H2,(H,23,24). The Morgan fingerprint density at radius 1 is 1.29 bits per heavy atom. The van der Waals surface area contributed by atoms with Gasteiger partial charge in [0.2, 0.25) is 0 Å². The lowest BCUT2D eigenvalue weighted by molar-refractivity contribution is 0.0917. The van der Waals surface area contributed by atoms with E-state index in [1.165, 1.54) is 5.56 Å². The Labute approximate surface area is 147 Å². The molecule has 1 aliphatic carbocycles. The van der Waals surface area contributed by atoms with Crippen molar-refractivity contribution in [2.75, 3.05) is 6.54 Å². The lowest BCUT2D eigenvalue weighted by Crippen LogP contribution is -2.45. The molecule has 1 aromatic carbocycles. The molecule has 4 nitrogen and oxygen atoms in total. The quantitative estimate of drug-likeness (QED) is 0.895. The van der Waals surface area contributed by atoms with E-state index in [1.54, 1.807) is 24.5 Å². The molecule has 5 heteroatoms. The molecular weight excluding hydrogens is 322 g/mol. The van der Waals surface area contributed by atoms with E-state index in [1.807, 2.05) is 18.2 Å². The number of nitrogens with one attached hydrogen (secondary N) is 1. The van der Waals surface area contributed by atoms with E-state index in [-0.39, 0.29) is 17.4 Å². The van der Waals surface area contributed by atoms with Gasteiger partial charge in [0.25, 0.3) is 5.91 Å². The third-order valence-corrected chi connectivity index (χ3v) is 5.26. The summed E-state index contributed by atoms with van der Waals surface area (Å²) >= 11 is 6.14. The van der Waals surface area contributed by atoms with Crippen LogP contribution in [0.5, 0.6) is 0 Å². The van der Waals surface area contributed by atoms with E-state index in [9.17, 15) is 4.79 Å². The molecule has 1 fully saturated rings. The fourth-order valence-electron chi connectivity index (χ4n) is 3.51. The minimum Gasteiger partial charge on any atom is -0.349 e. The highest BCUT2D eigenvalue weighted by Gasteiger charge is 2.36. The Morgan fingerprint density at radius 3 is 2.71 bits per heavy atom. The molecule has 0 bridgehead atoms. The van der Waals surface area contributed by atoms with Crippen LogP contribution in [0.15, 0.2) is 48.8 Å². The van der Waals surface area contributed by atoms with Crippen molar-refractivity contribution in [1.29, 1.82) is 0 Å². The highest BCUT2D eigenvalue weighted by Crippen LogP contribution is 2.39. The number of carbonyl (C=O) groups excluding carboxylic acids is 1. The lowest BCUT2D eigenvalue weighted by atomic mass is 9.68. The van der Waals surface area contributed by atoms with Crippen LogP contribution in [-0.2, 0) is 5.41 Å². The second-order valence-electron chi connectivity index (χ2n) is 6.48. The molecule has 1 aromatic heterocycles. The minimum absolute atomic E-state index is 0.0412. The zero-order valence-corrected chi connectivity index (χ0v) is 14.3. The Hall–Kier alpha value is -1.91. The number of hydrogen-bond acceptors (Lipinski definition) is 3. The average molecular weight is 344 g/mol. The molecule has 0 aliphatic heterocycles. The number of amides is 1. The van der Waals surface area contributed by atoms with Gasteiger partial charge >= 0.3 is 0 Å². The Bertz CT molecular complexity index is 697. The van der Waals surface area contributed by atoms with Crippen molar-refractivity contribution in [3.63, 3.8) is 0 Å². The van der Waals surface area contributed by atoms with Crippen LogP contribution in [0.4, 0.5) is 0 Å². The Morgan fingerprint density at radius 2 is 2.08 bits per heavy atom. The number of nitrogens with zero attached hydrogens (tertiary/aromatic N) is 1. The fraction of sp³-hybridized carbons (Fsp3) is 0.368. The van der Waals surface area contributed by atoms with Crippen molar-refractivity contribution < 1.29 is 4.79 Å². The van der Waals surface area contributed by atoms with E-state index in [4.69, 9.17) is 17.3 Å². The first-order valence-corrected chi connectivity index (χ1v) is 8.68. The monoisotopic (exact) mass is 343 g/mol. The highest BCUT2D eigenvalue weighted by atomic mass is 35.5. The van der Waals surface area contributed by atoms with Crippen LogP contribution in [0.2, 0.25) is 5.02 Å². The van der Waals surface area contributed by atoms with Crippen molar-refractivity contribution in [2.24, 2.45) is 5.73 Å². The molecule has 1 aliphatic rings. The third kappa shape index (κ3) is 3.60. The molecule has 0 spiro atoms. The van der Waals surface area contributed by atoms with Gasteiger partial charge in [-0.1, -0.05) is 23.7 Å². The second kappa shape index (κ2) is 7.32. The molecule has 0 unspecified atom stereocenters. The molecule has 3 N–H and O–H groups in total. The van der Waals surface area contributed by atoms with Gasteiger partial charge in [0.1, 0.15) is 0 Å². The molecule has 0 saturated heterocycles. The van der Waals surface area contributed by atoms with Gasteiger partial charge in [0, 0.05) is 35.4 Å². The summed E-state index contributed by atoms with van der Waals surface area (Å²) in [7, 11) is 0. The minimum atomic E-state index is -0.0592. The van der Waals surface area contributed by atoms with Crippen LogP contribution in [0.25, 0.3) is 0 Å². The molecule has 3 rings (SSSR count). The maximum Gasteiger partial charge on any atom is 0.253 e. The Balaban J connectivity index is 1.65. The van der Waals surface area contributed by atoms with Crippen molar-refractivity contribution in [3.8, 4) is 0 Å². The van der Waals surface area contributed by atoms with E-state index in [2.05, 4.69) is 16.4 Å². The number of nitrogens with two attached hydrogens (primary N) is 1. The summed E-state index contributed by atoms with van der Waals surface area (Å²) in [5.74, 6) is -0.0592. The second-order valence-corrected chi connectivity index (χ2v) is 6.92. The molecule has 0 atom stereocenters. The molecule has 2 aromatic rings. The van der Waals surface area contributed by atoms with Gasteiger partial charge in [-0.05, 0) is 55.5 Å². The zero-order valence-electron chi connectivity index (χ0n) is 13.5. The van der Waals surface area contributed by atoms with Gasteiger partial charge in [0.15, 0.2) is 0 Å². The summed E-state index contributed by atoms with van der Waals surface area (Å²) < 4.78 is 0. The summed E-state index contributed by atoms with van der Waals surface area (Å²) in [6.45, 7) is 0.594. The molecule has 24 heavy (non-hydrogen) atoms. The highest BCUT2D eigenvalue weighted by molar-refractivity contribution is 6.30. The van der Waals surface area contributed by atoms with E-state index in [0.29, 0.717) is 12.1 Å². The molecule has 1 saturated carbocycles. The van der Waals surface area contributed by atoms with Gasteiger partial charge in [-0.2, -0.15) is 0 Å². The zero-order chi connectivity index (χ0) is 17.0. The predicted molar refractivity (Wildman–Crippen MR) is 96.1 cm³/mol. The van der Waals surface area contributed by atoms with Gasteiger partial charge in [-0.15, -0.1) is 0 Å². The summed E-state index contributed by atoms with van der Waals surface area (Å²) in [6, 6.07) is 11.7.